The van der Waals surface area contributed by atoms with Gasteiger partial charge in [0, 0.05) is 15.2 Å². The highest BCUT2D eigenvalue weighted by Gasteiger charge is 2.17. The van der Waals surface area contributed by atoms with Crippen molar-refractivity contribution in [2.75, 3.05) is 0 Å². The molecule has 0 unspecified atom stereocenters. The third-order valence-corrected chi connectivity index (χ3v) is 4.89. The molecule has 0 aromatic heterocycles. The molecule has 0 fully saturated rings. The number of ether oxygens (including phenoxy) is 1. The highest BCUT2D eigenvalue weighted by molar-refractivity contribution is 9.10. The first-order chi connectivity index (χ1) is 9.77. The van der Waals surface area contributed by atoms with Crippen molar-refractivity contribution < 1.29 is 13.2 Å². The van der Waals surface area contributed by atoms with Gasteiger partial charge in [-0.3, -0.25) is 0 Å². The van der Waals surface area contributed by atoms with Crippen LogP contribution < -0.4 is 4.74 Å². The Morgan fingerprint density at radius 1 is 1.14 bits per heavy atom. The smallest absolute Gasteiger partial charge is 0.265 e. The van der Waals surface area contributed by atoms with Crippen molar-refractivity contribution in [1.29, 1.82) is 0 Å². The molecule has 0 heterocycles. The Balaban J connectivity index is 2.30. The van der Waals surface area contributed by atoms with E-state index in [0.717, 1.165) is 16.7 Å². The summed E-state index contributed by atoms with van der Waals surface area (Å²) >= 11 is 3.23. The van der Waals surface area contributed by atoms with Crippen LogP contribution in [-0.2, 0) is 15.7 Å². The second kappa shape index (κ2) is 6.38. The van der Waals surface area contributed by atoms with Gasteiger partial charge in [0.2, 0.25) is 0 Å². The highest BCUT2D eigenvalue weighted by atomic mass is 79.9. The molecule has 21 heavy (non-hydrogen) atoms. The molecule has 2 rings (SSSR count). The average molecular weight is 390 g/mol. The lowest BCUT2D eigenvalue weighted by Gasteiger charge is -2.12. The Morgan fingerprint density at radius 2 is 1.86 bits per heavy atom. The first-order valence-electron chi connectivity index (χ1n) is 6.20. The lowest BCUT2D eigenvalue weighted by molar-refractivity contribution is 0.297. The monoisotopic (exact) mass is 388 g/mol. The summed E-state index contributed by atoms with van der Waals surface area (Å²) < 4.78 is 29.5. The van der Waals surface area contributed by atoms with Gasteiger partial charge in [0.15, 0.2) is 0 Å². The van der Waals surface area contributed by atoms with Crippen molar-refractivity contribution in [1.82, 2.24) is 0 Å². The molecule has 0 saturated heterocycles. The molecule has 3 nitrogen and oxygen atoms in total. The van der Waals surface area contributed by atoms with Gasteiger partial charge in [0.25, 0.3) is 9.05 Å². The largest absolute Gasteiger partial charge is 0.487 e. The van der Waals surface area contributed by atoms with Gasteiger partial charge in [-0.05, 0) is 43.2 Å². The topological polar surface area (TPSA) is 43.4 Å². The quantitative estimate of drug-likeness (QED) is 0.719. The zero-order chi connectivity index (χ0) is 15.6. The van der Waals surface area contributed by atoms with Gasteiger partial charge in [-0.1, -0.05) is 39.7 Å². The van der Waals surface area contributed by atoms with E-state index < -0.39 is 9.05 Å². The Hall–Kier alpha value is -1.04. The maximum Gasteiger partial charge on any atom is 0.265 e. The minimum Gasteiger partial charge on any atom is -0.487 e. The molecule has 0 radical (unpaired) electrons. The third kappa shape index (κ3) is 4.22. The van der Waals surface area contributed by atoms with Gasteiger partial charge in [-0.2, -0.15) is 0 Å². The maximum atomic E-state index is 11.6. The minimum absolute atomic E-state index is 0.0381. The first-order valence-corrected chi connectivity index (χ1v) is 9.31. The van der Waals surface area contributed by atoms with Crippen molar-refractivity contribution in [2.24, 2.45) is 0 Å². The van der Waals surface area contributed by atoms with Gasteiger partial charge >= 0.3 is 0 Å². The van der Waals surface area contributed by atoms with E-state index in [9.17, 15) is 8.42 Å². The molecule has 0 bridgehead atoms. The SMILES string of the molecule is Cc1ccc(C)c(COc2ccc(Br)cc2S(=O)(=O)Cl)c1. The van der Waals surface area contributed by atoms with Crippen LogP contribution >= 0.6 is 26.6 Å². The molecule has 0 spiro atoms. The van der Waals surface area contributed by atoms with Crippen LogP contribution in [0.5, 0.6) is 5.75 Å². The second-order valence-electron chi connectivity index (χ2n) is 4.75. The molecule has 0 atom stereocenters. The zero-order valence-corrected chi connectivity index (χ0v) is 14.7. The minimum atomic E-state index is -3.86. The van der Waals surface area contributed by atoms with E-state index in [1.807, 2.05) is 32.0 Å². The summed E-state index contributed by atoms with van der Waals surface area (Å²) in [5.74, 6) is 0.245. The maximum absolute atomic E-state index is 11.6. The molecule has 6 heteroatoms. The summed E-state index contributed by atoms with van der Waals surface area (Å²) in [6.45, 7) is 4.27. The van der Waals surface area contributed by atoms with Crippen molar-refractivity contribution in [3.63, 3.8) is 0 Å². The highest BCUT2D eigenvalue weighted by Crippen LogP contribution is 2.30. The van der Waals surface area contributed by atoms with Gasteiger partial charge in [0.05, 0.1) is 0 Å². The van der Waals surface area contributed by atoms with Crippen LogP contribution in [0, 0.1) is 13.8 Å². The molecular weight excluding hydrogens is 376 g/mol. The fraction of sp³-hybridized carbons (Fsp3) is 0.200. The number of hydrogen-bond acceptors (Lipinski definition) is 3. The molecule has 0 N–H and O–H groups in total. The van der Waals surface area contributed by atoms with Crippen LogP contribution in [0.15, 0.2) is 45.8 Å². The van der Waals surface area contributed by atoms with Crippen molar-refractivity contribution >= 4 is 35.7 Å². The fourth-order valence-corrected chi connectivity index (χ4v) is 3.41. The zero-order valence-electron chi connectivity index (χ0n) is 11.6. The van der Waals surface area contributed by atoms with Crippen LogP contribution in [0.3, 0.4) is 0 Å². The van der Waals surface area contributed by atoms with E-state index in [-0.39, 0.29) is 17.3 Å². The normalized spacial score (nSPS) is 11.4. The third-order valence-electron chi connectivity index (χ3n) is 3.06. The van der Waals surface area contributed by atoms with Gasteiger partial charge in [-0.25, -0.2) is 8.42 Å². The van der Waals surface area contributed by atoms with Crippen LogP contribution in [0.1, 0.15) is 16.7 Å². The molecular formula is C15H14BrClO3S. The summed E-state index contributed by atoms with van der Waals surface area (Å²) in [4.78, 5) is -0.0381. The van der Waals surface area contributed by atoms with Crippen molar-refractivity contribution in [3.05, 3.63) is 57.6 Å². The lowest BCUT2D eigenvalue weighted by atomic mass is 10.1. The summed E-state index contributed by atoms with van der Waals surface area (Å²) in [5.41, 5.74) is 3.23. The van der Waals surface area contributed by atoms with E-state index >= 15 is 0 Å². The number of aryl methyl sites for hydroxylation is 2. The van der Waals surface area contributed by atoms with E-state index in [4.69, 9.17) is 15.4 Å². The molecule has 2 aromatic carbocycles. The molecule has 0 aliphatic carbocycles. The van der Waals surface area contributed by atoms with Crippen LogP contribution in [0.2, 0.25) is 0 Å². The molecule has 0 aliphatic rings. The molecule has 0 aliphatic heterocycles. The Labute approximate surface area is 137 Å². The molecule has 112 valence electrons. The van der Waals surface area contributed by atoms with E-state index in [1.54, 1.807) is 12.1 Å². The Kier molecular flexibility index (Phi) is 4.96. The number of halogens is 2. The number of benzene rings is 2. The number of rotatable bonds is 4. The standard InChI is InChI=1S/C15H14BrClO3S/c1-10-3-4-11(2)12(7-10)9-20-14-6-5-13(16)8-15(14)21(17,18)19/h3-8H,9H2,1-2H3. The van der Waals surface area contributed by atoms with Gasteiger partial charge < -0.3 is 4.74 Å². The summed E-state index contributed by atoms with van der Waals surface area (Å²) in [5, 5.41) is 0. The van der Waals surface area contributed by atoms with Crippen molar-refractivity contribution in [3.8, 4) is 5.75 Å². The van der Waals surface area contributed by atoms with Crippen molar-refractivity contribution in [2.45, 2.75) is 25.3 Å². The predicted octanol–water partition coefficient (Wildman–Crippen LogP) is 4.57. The van der Waals surface area contributed by atoms with Crippen LogP contribution in [0.4, 0.5) is 0 Å². The Morgan fingerprint density at radius 3 is 2.52 bits per heavy atom. The number of hydrogen-bond donors (Lipinski definition) is 0. The second-order valence-corrected chi connectivity index (χ2v) is 8.20. The van der Waals surface area contributed by atoms with Gasteiger partial charge in [0.1, 0.15) is 17.3 Å². The summed E-state index contributed by atoms with van der Waals surface area (Å²) in [7, 11) is 1.58. The van der Waals surface area contributed by atoms with Crippen LogP contribution in [-0.4, -0.2) is 8.42 Å². The fourth-order valence-electron chi connectivity index (χ4n) is 1.90. The molecule has 2 aromatic rings. The van der Waals surface area contributed by atoms with E-state index in [2.05, 4.69) is 15.9 Å². The van der Waals surface area contributed by atoms with E-state index in [0.29, 0.717) is 4.47 Å². The average Bonchev–Trinajstić information content (AvgIpc) is 2.40. The van der Waals surface area contributed by atoms with Gasteiger partial charge in [-0.15, -0.1) is 0 Å². The molecule has 0 saturated carbocycles. The first kappa shape index (κ1) is 16.3. The van der Waals surface area contributed by atoms with E-state index in [1.165, 1.54) is 6.07 Å². The summed E-state index contributed by atoms with van der Waals surface area (Å²) in [6, 6.07) is 10.8. The summed E-state index contributed by atoms with van der Waals surface area (Å²) in [6.07, 6.45) is 0. The Bertz CT molecular complexity index is 772. The predicted molar refractivity (Wildman–Crippen MR) is 87.4 cm³/mol. The lowest BCUT2D eigenvalue weighted by Crippen LogP contribution is -2.02. The van der Waals surface area contributed by atoms with Crippen LogP contribution in [0.25, 0.3) is 0 Å². The molecule has 0 amide bonds.